The molecule has 108 valence electrons. The number of hydrogen-bond acceptors (Lipinski definition) is 5. The Hall–Kier alpha value is -2.57. The fourth-order valence-electron chi connectivity index (χ4n) is 2.38. The molecule has 2 amide bonds. The average Bonchev–Trinajstić information content (AvgIpc) is 2.54. The normalized spacial score (nSPS) is 15.3. The van der Waals surface area contributed by atoms with E-state index in [-0.39, 0.29) is 11.8 Å². The lowest BCUT2D eigenvalue weighted by molar-refractivity contribution is -0.130. The van der Waals surface area contributed by atoms with Gasteiger partial charge in [-0.2, -0.15) is 0 Å². The third-order valence-corrected chi connectivity index (χ3v) is 3.58. The number of fused-ring (bicyclic) bond motifs is 1. The molecule has 0 bridgehead atoms. The van der Waals surface area contributed by atoms with Gasteiger partial charge in [-0.1, -0.05) is 0 Å². The summed E-state index contributed by atoms with van der Waals surface area (Å²) in [5.41, 5.74) is 1.63. The summed E-state index contributed by atoms with van der Waals surface area (Å²) in [4.78, 5) is 39.6. The zero-order chi connectivity index (χ0) is 14.8. The molecule has 0 spiro atoms. The summed E-state index contributed by atoms with van der Waals surface area (Å²) in [6.07, 6.45) is 4.67. The van der Waals surface area contributed by atoms with Gasteiger partial charge in [-0.25, -0.2) is 9.97 Å². The van der Waals surface area contributed by atoms with Crippen molar-refractivity contribution in [3.05, 3.63) is 30.2 Å². The Bertz CT molecular complexity index is 695. The summed E-state index contributed by atoms with van der Waals surface area (Å²) >= 11 is 0. The smallest absolute Gasteiger partial charge is 0.255 e. The second-order valence-electron chi connectivity index (χ2n) is 4.92. The molecule has 7 heteroatoms. The largest absolute Gasteiger partial charge is 0.339 e. The maximum Gasteiger partial charge on any atom is 0.255 e. The minimum Gasteiger partial charge on any atom is -0.339 e. The second kappa shape index (κ2) is 5.43. The van der Waals surface area contributed by atoms with E-state index in [1.165, 1.54) is 6.20 Å². The van der Waals surface area contributed by atoms with Gasteiger partial charge in [0.1, 0.15) is 5.52 Å². The number of piperazine rings is 1. The number of aromatic nitrogens is 3. The van der Waals surface area contributed by atoms with Crippen molar-refractivity contribution in [3.63, 3.8) is 0 Å². The van der Waals surface area contributed by atoms with Gasteiger partial charge in [-0.05, 0) is 6.07 Å². The fourth-order valence-corrected chi connectivity index (χ4v) is 2.38. The van der Waals surface area contributed by atoms with E-state index < -0.39 is 0 Å². The van der Waals surface area contributed by atoms with E-state index in [1.807, 2.05) is 0 Å². The Balaban J connectivity index is 1.76. The molecule has 1 fully saturated rings. The van der Waals surface area contributed by atoms with Crippen molar-refractivity contribution in [2.45, 2.75) is 6.92 Å². The molecule has 0 aliphatic carbocycles. The van der Waals surface area contributed by atoms with E-state index in [4.69, 9.17) is 0 Å². The van der Waals surface area contributed by atoms with E-state index in [1.54, 1.807) is 35.2 Å². The summed E-state index contributed by atoms with van der Waals surface area (Å²) in [5, 5.41) is 0. The van der Waals surface area contributed by atoms with Gasteiger partial charge in [-0.15, -0.1) is 0 Å². The number of amides is 2. The number of carbonyl (C=O) groups excluding carboxylic acids is 2. The van der Waals surface area contributed by atoms with Crippen LogP contribution in [-0.2, 0) is 4.79 Å². The summed E-state index contributed by atoms with van der Waals surface area (Å²) in [6, 6.07) is 1.70. The maximum atomic E-state index is 12.5. The molecule has 0 aromatic carbocycles. The van der Waals surface area contributed by atoms with Crippen LogP contribution >= 0.6 is 0 Å². The Morgan fingerprint density at radius 1 is 1.00 bits per heavy atom. The number of pyridine rings is 1. The van der Waals surface area contributed by atoms with Gasteiger partial charge in [0.05, 0.1) is 5.56 Å². The fraction of sp³-hybridized carbons (Fsp3) is 0.357. The Kier molecular flexibility index (Phi) is 3.47. The van der Waals surface area contributed by atoms with Crippen molar-refractivity contribution in [2.24, 2.45) is 0 Å². The van der Waals surface area contributed by atoms with E-state index in [0.29, 0.717) is 42.9 Å². The molecule has 0 radical (unpaired) electrons. The molecule has 3 rings (SSSR count). The molecule has 2 aromatic heterocycles. The first-order chi connectivity index (χ1) is 10.1. The Morgan fingerprint density at radius 2 is 1.67 bits per heavy atom. The first-order valence-corrected chi connectivity index (χ1v) is 6.77. The molecule has 21 heavy (non-hydrogen) atoms. The maximum absolute atomic E-state index is 12.5. The highest BCUT2D eigenvalue weighted by molar-refractivity contribution is 5.96. The first kappa shape index (κ1) is 13.4. The minimum atomic E-state index is -0.0849. The van der Waals surface area contributed by atoms with Gasteiger partial charge < -0.3 is 9.80 Å². The Morgan fingerprint density at radius 3 is 2.38 bits per heavy atom. The molecular weight excluding hydrogens is 270 g/mol. The van der Waals surface area contributed by atoms with Crippen LogP contribution in [-0.4, -0.2) is 62.7 Å². The molecule has 0 atom stereocenters. The predicted octanol–water partition coefficient (Wildman–Crippen LogP) is 0.329. The highest BCUT2D eigenvalue weighted by atomic mass is 16.2. The van der Waals surface area contributed by atoms with Crippen molar-refractivity contribution < 1.29 is 9.59 Å². The second-order valence-corrected chi connectivity index (χ2v) is 4.92. The van der Waals surface area contributed by atoms with Crippen LogP contribution in [0.5, 0.6) is 0 Å². The van der Waals surface area contributed by atoms with Gasteiger partial charge in [0.25, 0.3) is 5.91 Å². The van der Waals surface area contributed by atoms with Gasteiger partial charge in [0.2, 0.25) is 5.91 Å². The highest BCUT2D eigenvalue weighted by Crippen LogP contribution is 2.12. The number of carbonyl (C=O) groups is 2. The topological polar surface area (TPSA) is 79.3 Å². The van der Waals surface area contributed by atoms with Crippen molar-refractivity contribution in [1.82, 2.24) is 24.8 Å². The van der Waals surface area contributed by atoms with Crippen LogP contribution in [0.1, 0.15) is 17.3 Å². The molecular formula is C14H15N5O2. The first-order valence-electron chi connectivity index (χ1n) is 6.77. The van der Waals surface area contributed by atoms with E-state index in [2.05, 4.69) is 15.0 Å². The lowest BCUT2D eigenvalue weighted by Crippen LogP contribution is -2.50. The standard InChI is InChI=1S/C14H15N5O2/c1-10(20)18-4-6-19(7-5-18)14(21)11-8-12-13(17-9-11)16-3-2-15-12/h2-3,8-9H,4-7H2,1H3. The molecule has 3 heterocycles. The monoisotopic (exact) mass is 285 g/mol. The van der Waals surface area contributed by atoms with Crippen molar-refractivity contribution in [2.75, 3.05) is 26.2 Å². The quantitative estimate of drug-likeness (QED) is 0.754. The van der Waals surface area contributed by atoms with Gasteiger partial charge in [-0.3, -0.25) is 14.6 Å². The summed E-state index contributed by atoms with van der Waals surface area (Å²) in [7, 11) is 0. The molecule has 0 saturated carbocycles. The third kappa shape index (κ3) is 2.67. The number of hydrogen-bond donors (Lipinski definition) is 0. The van der Waals surface area contributed by atoms with Crippen molar-refractivity contribution in [3.8, 4) is 0 Å². The summed E-state index contributed by atoms with van der Waals surface area (Å²) in [5.74, 6) is -0.0389. The van der Waals surface area contributed by atoms with Crippen LogP contribution in [0.15, 0.2) is 24.7 Å². The number of rotatable bonds is 1. The lowest BCUT2D eigenvalue weighted by Gasteiger charge is -2.34. The van der Waals surface area contributed by atoms with E-state index >= 15 is 0 Å². The number of nitrogens with zero attached hydrogens (tertiary/aromatic N) is 5. The van der Waals surface area contributed by atoms with Crippen LogP contribution in [0, 0.1) is 0 Å². The van der Waals surface area contributed by atoms with E-state index in [9.17, 15) is 9.59 Å². The van der Waals surface area contributed by atoms with E-state index in [0.717, 1.165) is 0 Å². The van der Waals surface area contributed by atoms with Gasteiger partial charge in [0, 0.05) is 51.7 Å². The SMILES string of the molecule is CC(=O)N1CCN(C(=O)c2cnc3nccnc3c2)CC1. The highest BCUT2D eigenvalue weighted by Gasteiger charge is 2.23. The zero-order valence-electron chi connectivity index (χ0n) is 11.7. The van der Waals surface area contributed by atoms with Crippen LogP contribution in [0.25, 0.3) is 11.2 Å². The summed E-state index contributed by atoms with van der Waals surface area (Å²) < 4.78 is 0. The van der Waals surface area contributed by atoms with Gasteiger partial charge >= 0.3 is 0 Å². The Labute approximate surface area is 121 Å². The van der Waals surface area contributed by atoms with Crippen LogP contribution < -0.4 is 0 Å². The predicted molar refractivity (Wildman–Crippen MR) is 75.5 cm³/mol. The van der Waals surface area contributed by atoms with Crippen molar-refractivity contribution >= 4 is 23.0 Å². The van der Waals surface area contributed by atoms with Crippen LogP contribution in [0.4, 0.5) is 0 Å². The molecule has 1 aliphatic rings. The van der Waals surface area contributed by atoms with Crippen LogP contribution in [0.2, 0.25) is 0 Å². The molecule has 1 aliphatic heterocycles. The minimum absolute atomic E-state index is 0.0461. The van der Waals surface area contributed by atoms with Crippen molar-refractivity contribution in [1.29, 1.82) is 0 Å². The molecule has 2 aromatic rings. The zero-order valence-corrected chi connectivity index (χ0v) is 11.7. The lowest BCUT2D eigenvalue weighted by atomic mass is 10.2. The molecule has 0 unspecified atom stereocenters. The van der Waals surface area contributed by atoms with Crippen LogP contribution in [0.3, 0.4) is 0 Å². The van der Waals surface area contributed by atoms with Gasteiger partial charge in [0.15, 0.2) is 5.65 Å². The molecule has 7 nitrogen and oxygen atoms in total. The molecule has 0 N–H and O–H groups in total. The average molecular weight is 285 g/mol. The summed E-state index contributed by atoms with van der Waals surface area (Å²) in [6.45, 7) is 3.76. The molecule has 1 saturated heterocycles. The third-order valence-electron chi connectivity index (χ3n) is 3.58.